The van der Waals surface area contributed by atoms with Crippen LogP contribution in [0.4, 0.5) is 0 Å². The number of carbonyl (C=O) groups excluding carboxylic acids is 1. The van der Waals surface area contributed by atoms with Crippen LogP contribution in [0.5, 0.6) is 0 Å². The van der Waals surface area contributed by atoms with Gasteiger partial charge < -0.3 is 11.5 Å². The van der Waals surface area contributed by atoms with E-state index in [4.69, 9.17) is 11.5 Å². The Kier molecular flexibility index (Phi) is 5.13. The summed E-state index contributed by atoms with van der Waals surface area (Å²) >= 11 is 0. The minimum atomic E-state index is -3.51. The molecule has 0 unspecified atom stereocenters. The van der Waals surface area contributed by atoms with Gasteiger partial charge in [0.25, 0.3) is 5.91 Å². The maximum Gasteiger partial charge on any atom is 0.280 e. The number of nitrogens with zero attached hydrogens (tertiary/aromatic N) is 1. The number of amides is 1. The Labute approximate surface area is 130 Å². The lowest BCUT2D eigenvalue weighted by atomic mass is 9.98. The van der Waals surface area contributed by atoms with Crippen LogP contribution in [0.3, 0.4) is 0 Å². The number of hydrogen-bond donors (Lipinski definition) is 2. The van der Waals surface area contributed by atoms with Crippen molar-refractivity contribution in [1.82, 2.24) is 0 Å². The van der Waals surface area contributed by atoms with Crippen LogP contribution < -0.4 is 11.5 Å². The average molecular weight is 323 g/mol. The molecule has 0 aliphatic carbocycles. The minimum Gasteiger partial charge on any atom is -0.370 e. The molecule has 0 spiro atoms. The van der Waals surface area contributed by atoms with Crippen LogP contribution in [0.1, 0.15) is 42.3 Å². The molecule has 0 aliphatic heterocycles. The predicted octanol–water partition coefficient (Wildman–Crippen LogP) is 1.63. The Morgan fingerprint density at radius 3 is 2.05 bits per heavy atom. The number of hydrogen-bond acceptors (Lipinski definition) is 3. The van der Waals surface area contributed by atoms with Gasteiger partial charge in [-0.05, 0) is 56.5 Å². The van der Waals surface area contributed by atoms with Crippen LogP contribution in [0.2, 0.25) is 0 Å². The summed E-state index contributed by atoms with van der Waals surface area (Å²) in [5, 5.41) is 0. The fourth-order valence-corrected chi connectivity index (χ4v) is 2.91. The molecule has 120 valence electrons. The molecule has 0 fully saturated rings. The maximum atomic E-state index is 12.1. The van der Waals surface area contributed by atoms with E-state index in [-0.39, 0.29) is 16.4 Å². The number of sulfone groups is 1. The van der Waals surface area contributed by atoms with Crippen LogP contribution in [-0.4, -0.2) is 26.5 Å². The molecule has 0 aliphatic rings. The number of guanidine groups is 1. The van der Waals surface area contributed by atoms with Crippen molar-refractivity contribution >= 4 is 27.3 Å². The third-order valence-electron chi connectivity index (χ3n) is 3.34. The summed E-state index contributed by atoms with van der Waals surface area (Å²) < 4.78 is 24.1. The van der Waals surface area contributed by atoms with Gasteiger partial charge in [0, 0.05) is 11.8 Å². The van der Waals surface area contributed by atoms with Crippen molar-refractivity contribution in [1.29, 1.82) is 0 Å². The second-order valence-electron chi connectivity index (χ2n) is 5.40. The Morgan fingerprint density at radius 1 is 1.09 bits per heavy atom. The zero-order chi connectivity index (χ0) is 17.2. The number of aryl methyl sites for hydroxylation is 1. The molecular formula is C15H21N3O3S. The second-order valence-corrected chi connectivity index (χ2v) is 7.39. The van der Waals surface area contributed by atoms with E-state index in [1.54, 1.807) is 13.0 Å². The zero-order valence-electron chi connectivity index (χ0n) is 13.4. The third-order valence-corrected chi connectivity index (χ3v) is 4.48. The monoisotopic (exact) mass is 323 g/mol. The molecule has 4 N–H and O–H groups in total. The lowest BCUT2D eigenvalue weighted by molar-refractivity contribution is 0.100. The normalized spacial score (nSPS) is 11.0. The summed E-state index contributed by atoms with van der Waals surface area (Å²) in [6.07, 6.45) is 1.11. The van der Waals surface area contributed by atoms with Crippen molar-refractivity contribution in [2.45, 2.75) is 32.6 Å². The predicted molar refractivity (Wildman–Crippen MR) is 88.4 cm³/mol. The fourth-order valence-electron chi connectivity index (χ4n) is 1.97. The highest BCUT2D eigenvalue weighted by Gasteiger charge is 2.20. The molecule has 0 atom stereocenters. The molecule has 1 rings (SSSR count). The van der Waals surface area contributed by atoms with Gasteiger partial charge >= 0.3 is 0 Å². The van der Waals surface area contributed by atoms with Crippen LogP contribution >= 0.6 is 0 Å². The topological polar surface area (TPSA) is 116 Å². The van der Waals surface area contributed by atoms with E-state index in [0.29, 0.717) is 11.1 Å². The summed E-state index contributed by atoms with van der Waals surface area (Å²) in [5.41, 5.74) is 13.6. The van der Waals surface area contributed by atoms with Gasteiger partial charge in [0.1, 0.15) is 0 Å². The van der Waals surface area contributed by atoms with Crippen LogP contribution in [-0.2, 0) is 9.84 Å². The fraction of sp³-hybridized carbons (Fsp3) is 0.333. The second kappa shape index (κ2) is 6.31. The van der Waals surface area contributed by atoms with Gasteiger partial charge in [-0.1, -0.05) is 5.57 Å². The number of nitrogens with two attached hydrogens (primary N) is 2. The average Bonchev–Trinajstić information content (AvgIpc) is 2.34. The maximum absolute atomic E-state index is 12.1. The minimum absolute atomic E-state index is 0.0888. The van der Waals surface area contributed by atoms with E-state index in [2.05, 4.69) is 4.99 Å². The lowest BCUT2D eigenvalue weighted by Crippen LogP contribution is -2.24. The van der Waals surface area contributed by atoms with Gasteiger partial charge in [0.15, 0.2) is 15.8 Å². The third kappa shape index (κ3) is 3.94. The van der Waals surface area contributed by atoms with E-state index in [9.17, 15) is 13.2 Å². The lowest BCUT2D eigenvalue weighted by Gasteiger charge is -2.14. The summed E-state index contributed by atoms with van der Waals surface area (Å²) in [5.74, 6) is -1.03. The molecule has 1 amide bonds. The first-order valence-corrected chi connectivity index (χ1v) is 8.47. The smallest absolute Gasteiger partial charge is 0.280 e. The number of allylic oxidation sites excluding steroid dienone is 2. The van der Waals surface area contributed by atoms with Crippen molar-refractivity contribution in [2.24, 2.45) is 16.5 Å². The Bertz CT molecular complexity index is 782. The molecule has 7 heteroatoms. The molecule has 0 saturated carbocycles. The van der Waals surface area contributed by atoms with Crippen LogP contribution in [0.15, 0.2) is 27.6 Å². The molecule has 0 aromatic heterocycles. The first-order chi connectivity index (χ1) is 9.95. The molecule has 22 heavy (non-hydrogen) atoms. The standard InChI is InChI=1S/C15H21N3O3S/c1-8(2)10(4)12-6-9(3)11(14(19)18-15(16)17)7-13(12)22(5,20)21/h6-7H,1-5H3,(H4,16,17,18,19). The largest absolute Gasteiger partial charge is 0.370 e. The van der Waals surface area contributed by atoms with E-state index in [1.165, 1.54) is 6.07 Å². The summed E-state index contributed by atoms with van der Waals surface area (Å²) in [6.45, 7) is 7.35. The Balaban J connectivity index is 3.75. The van der Waals surface area contributed by atoms with Crippen molar-refractivity contribution in [3.05, 3.63) is 34.4 Å². The van der Waals surface area contributed by atoms with E-state index >= 15 is 0 Å². The molecule has 1 aromatic carbocycles. The molecule has 0 bridgehead atoms. The zero-order valence-corrected chi connectivity index (χ0v) is 14.2. The molecular weight excluding hydrogens is 302 g/mol. The highest BCUT2D eigenvalue weighted by atomic mass is 32.2. The Hall–Kier alpha value is -2.15. The van der Waals surface area contributed by atoms with Gasteiger partial charge in [-0.15, -0.1) is 0 Å². The molecule has 1 aromatic rings. The summed E-state index contributed by atoms with van der Waals surface area (Å²) in [7, 11) is -3.51. The van der Waals surface area contributed by atoms with E-state index in [0.717, 1.165) is 17.4 Å². The van der Waals surface area contributed by atoms with Crippen LogP contribution in [0.25, 0.3) is 5.57 Å². The van der Waals surface area contributed by atoms with Gasteiger partial charge in [-0.25, -0.2) is 8.42 Å². The first-order valence-electron chi connectivity index (χ1n) is 6.58. The molecule has 0 radical (unpaired) electrons. The van der Waals surface area contributed by atoms with Crippen molar-refractivity contribution in [3.63, 3.8) is 0 Å². The van der Waals surface area contributed by atoms with Gasteiger partial charge in [-0.3, -0.25) is 4.79 Å². The van der Waals surface area contributed by atoms with Gasteiger partial charge in [0.2, 0.25) is 0 Å². The van der Waals surface area contributed by atoms with Crippen molar-refractivity contribution < 1.29 is 13.2 Å². The van der Waals surface area contributed by atoms with Crippen molar-refractivity contribution in [3.8, 4) is 0 Å². The number of benzene rings is 1. The highest BCUT2D eigenvalue weighted by molar-refractivity contribution is 7.90. The SMILES string of the molecule is CC(C)=C(C)c1cc(C)c(C(=O)N=C(N)N)cc1S(C)(=O)=O. The van der Waals surface area contributed by atoms with Gasteiger partial charge in [0.05, 0.1) is 4.90 Å². The van der Waals surface area contributed by atoms with E-state index in [1.807, 2.05) is 20.8 Å². The highest BCUT2D eigenvalue weighted by Crippen LogP contribution is 2.29. The molecule has 0 saturated heterocycles. The summed E-state index contributed by atoms with van der Waals surface area (Å²) in [6, 6.07) is 3.01. The molecule has 6 nitrogen and oxygen atoms in total. The molecule has 0 heterocycles. The quantitative estimate of drug-likeness (QED) is 0.648. The first kappa shape index (κ1) is 17.9. The Morgan fingerprint density at radius 2 is 1.64 bits per heavy atom. The van der Waals surface area contributed by atoms with Crippen LogP contribution in [0, 0.1) is 6.92 Å². The summed E-state index contributed by atoms with van der Waals surface area (Å²) in [4.78, 5) is 15.6. The van der Waals surface area contributed by atoms with E-state index < -0.39 is 15.7 Å². The number of aliphatic imine (C=N–C) groups is 1. The number of rotatable bonds is 3. The number of carbonyl (C=O) groups is 1. The van der Waals surface area contributed by atoms with Gasteiger partial charge in [-0.2, -0.15) is 4.99 Å². The van der Waals surface area contributed by atoms with Crippen molar-refractivity contribution in [2.75, 3.05) is 6.26 Å².